The van der Waals surface area contributed by atoms with Crippen molar-refractivity contribution < 1.29 is 0 Å². The predicted octanol–water partition coefficient (Wildman–Crippen LogP) is 4.74. The van der Waals surface area contributed by atoms with Crippen molar-refractivity contribution in [3.8, 4) is 0 Å². The molecular formula is C11H18BrNS2. The molecule has 1 rings (SSSR count). The lowest BCUT2D eigenvalue weighted by Crippen LogP contribution is -2.23. The van der Waals surface area contributed by atoms with Crippen LogP contribution in [0.2, 0.25) is 0 Å². The zero-order valence-electron chi connectivity index (χ0n) is 9.55. The summed E-state index contributed by atoms with van der Waals surface area (Å²) in [6, 6.07) is 0. The lowest BCUT2D eigenvalue weighted by Gasteiger charge is -2.28. The van der Waals surface area contributed by atoms with Crippen LogP contribution in [0.25, 0.3) is 0 Å². The van der Waals surface area contributed by atoms with Crippen LogP contribution >= 0.6 is 39.0 Å². The highest BCUT2D eigenvalue weighted by molar-refractivity contribution is 9.09. The Bertz CT molecular complexity index is 286. The van der Waals surface area contributed by atoms with Gasteiger partial charge in [0.2, 0.25) is 0 Å². The van der Waals surface area contributed by atoms with Crippen molar-refractivity contribution in [2.75, 3.05) is 11.1 Å². The summed E-state index contributed by atoms with van der Waals surface area (Å²) in [7, 11) is 0. The van der Waals surface area contributed by atoms with Gasteiger partial charge in [0.15, 0.2) is 0 Å². The molecule has 4 heteroatoms. The van der Waals surface area contributed by atoms with Gasteiger partial charge in [-0.05, 0) is 25.2 Å². The molecule has 86 valence electrons. The Balaban J connectivity index is 2.54. The second-order valence-electron chi connectivity index (χ2n) is 3.88. The van der Waals surface area contributed by atoms with E-state index in [0.29, 0.717) is 5.41 Å². The van der Waals surface area contributed by atoms with Crippen LogP contribution in [-0.4, -0.2) is 16.1 Å². The van der Waals surface area contributed by atoms with Crippen LogP contribution in [0.1, 0.15) is 32.4 Å². The van der Waals surface area contributed by atoms with E-state index in [2.05, 4.69) is 47.1 Å². The minimum Gasteiger partial charge on any atom is -0.235 e. The standard InChI is InChI=1S/C11H18BrNS2/c1-4-11(5-2,7-12)8-15-10-13-9(3)6-14-10/h6H,4-5,7-8H2,1-3H3. The summed E-state index contributed by atoms with van der Waals surface area (Å²) in [5, 5.41) is 3.21. The van der Waals surface area contributed by atoms with Gasteiger partial charge >= 0.3 is 0 Å². The van der Waals surface area contributed by atoms with Gasteiger partial charge in [0.05, 0.1) is 0 Å². The Morgan fingerprint density at radius 2 is 2.13 bits per heavy atom. The van der Waals surface area contributed by atoms with Crippen molar-refractivity contribution >= 4 is 39.0 Å². The molecule has 0 aromatic carbocycles. The smallest absolute Gasteiger partial charge is 0.150 e. The Labute approximate surface area is 109 Å². The minimum absolute atomic E-state index is 0.435. The van der Waals surface area contributed by atoms with Crippen molar-refractivity contribution in [3.63, 3.8) is 0 Å². The molecule has 0 saturated heterocycles. The van der Waals surface area contributed by atoms with Crippen molar-refractivity contribution in [1.82, 2.24) is 4.98 Å². The Morgan fingerprint density at radius 3 is 2.53 bits per heavy atom. The number of thiazole rings is 1. The number of halogens is 1. The van der Waals surface area contributed by atoms with Gasteiger partial charge in [-0.3, -0.25) is 0 Å². The second kappa shape index (κ2) is 6.26. The third kappa shape index (κ3) is 3.75. The number of nitrogens with zero attached hydrogens (tertiary/aromatic N) is 1. The summed E-state index contributed by atoms with van der Waals surface area (Å²) in [5.74, 6) is 1.16. The second-order valence-corrected chi connectivity index (χ2v) is 6.53. The van der Waals surface area contributed by atoms with Crippen molar-refractivity contribution in [3.05, 3.63) is 11.1 Å². The number of rotatable bonds is 6. The van der Waals surface area contributed by atoms with E-state index in [9.17, 15) is 0 Å². The first-order valence-electron chi connectivity index (χ1n) is 5.26. The molecule has 15 heavy (non-hydrogen) atoms. The number of alkyl halides is 1. The number of thioether (sulfide) groups is 1. The summed E-state index contributed by atoms with van der Waals surface area (Å²) in [6.07, 6.45) is 2.46. The fourth-order valence-corrected chi connectivity index (χ4v) is 4.81. The fourth-order valence-electron chi connectivity index (χ4n) is 1.30. The first-order chi connectivity index (χ1) is 7.15. The Kier molecular flexibility index (Phi) is 5.64. The summed E-state index contributed by atoms with van der Waals surface area (Å²) < 4.78 is 1.21. The summed E-state index contributed by atoms with van der Waals surface area (Å²) in [5.41, 5.74) is 1.57. The molecule has 0 unspecified atom stereocenters. The van der Waals surface area contributed by atoms with Crippen molar-refractivity contribution in [2.24, 2.45) is 5.41 Å². The van der Waals surface area contributed by atoms with Crippen molar-refractivity contribution in [2.45, 2.75) is 38.0 Å². The Morgan fingerprint density at radius 1 is 1.47 bits per heavy atom. The highest BCUT2D eigenvalue weighted by atomic mass is 79.9. The molecule has 0 amide bonds. The SMILES string of the molecule is CCC(CC)(CBr)CSc1nc(C)cs1. The van der Waals surface area contributed by atoms with E-state index >= 15 is 0 Å². The quantitative estimate of drug-likeness (QED) is 0.556. The van der Waals surface area contributed by atoms with Crippen LogP contribution in [0.5, 0.6) is 0 Å². The normalized spacial score (nSPS) is 12.0. The van der Waals surface area contributed by atoms with Crippen LogP contribution in [0, 0.1) is 12.3 Å². The van der Waals surface area contributed by atoms with Gasteiger partial charge in [-0.25, -0.2) is 4.98 Å². The minimum atomic E-state index is 0.435. The molecule has 1 aromatic heterocycles. The molecule has 0 atom stereocenters. The van der Waals surface area contributed by atoms with Crippen molar-refractivity contribution in [1.29, 1.82) is 0 Å². The molecule has 1 heterocycles. The summed E-state index contributed by atoms with van der Waals surface area (Å²) >= 11 is 7.30. The fraction of sp³-hybridized carbons (Fsp3) is 0.727. The van der Waals surface area contributed by atoms with E-state index in [1.54, 1.807) is 11.3 Å². The van der Waals surface area contributed by atoms with Gasteiger partial charge in [-0.2, -0.15) is 0 Å². The van der Waals surface area contributed by atoms with Gasteiger partial charge in [-0.15, -0.1) is 11.3 Å². The molecule has 0 saturated carbocycles. The zero-order chi connectivity index (χ0) is 11.3. The number of hydrogen-bond donors (Lipinski definition) is 0. The van der Waals surface area contributed by atoms with Crippen LogP contribution in [0.15, 0.2) is 9.72 Å². The lowest BCUT2D eigenvalue weighted by atomic mass is 9.87. The molecule has 0 radical (unpaired) electrons. The van der Waals surface area contributed by atoms with Crippen LogP contribution < -0.4 is 0 Å². The molecule has 0 bridgehead atoms. The molecule has 0 aliphatic heterocycles. The number of hydrogen-bond acceptors (Lipinski definition) is 3. The maximum atomic E-state index is 4.48. The highest BCUT2D eigenvalue weighted by Crippen LogP contribution is 2.36. The topological polar surface area (TPSA) is 12.9 Å². The molecule has 0 N–H and O–H groups in total. The molecular weight excluding hydrogens is 290 g/mol. The van der Waals surface area contributed by atoms with E-state index in [1.165, 1.54) is 17.2 Å². The van der Waals surface area contributed by atoms with Gasteiger partial charge in [-0.1, -0.05) is 41.5 Å². The average Bonchev–Trinajstić information content (AvgIpc) is 2.67. The monoisotopic (exact) mass is 307 g/mol. The molecule has 1 nitrogen and oxygen atoms in total. The predicted molar refractivity (Wildman–Crippen MR) is 74.4 cm³/mol. The van der Waals surface area contributed by atoms with Gasteiger partial charge in [0.25, 0.3) is 0 Å². The third-order valence-corrected chi connectivity index (χ3v) is 6.56. The third-order valence-electron chi connectivity index (χ3n) is 2.88. The lowest BCUT2D eigenvalue weighted by molar-refractivity contribution is 0.359. The molecule has 0 aliphatic carbocycles. The number of aryl methyl sites for hydroxylation is 1. The van der Waals surface area contributed by atoms with Gasteiger partial charge in [0.1, 0.15) is 4.34 Å². The molecule has 1 aromatic rings. The molecule has 0 spiro atoms. The summed E-state index contributed by atoms with van der Waals surface area (Å²) in [4.78, 5) is 4.48. The zero-order valence-corrected chi connectivity index (χ0v) is 12.8. The van der Waals surface area contributed by atoms with Gasteiger partial charge in [0, 0.05) is 22.2 Å². The number of aromatic nitrogens is 1. The molecule has 0 aliphatic rings. The highest BCUT2D eigenvalue weighted by Gasteiger charge is 2.25. The van der Waals surface area contributed by atoms with Crippen LogP contribution in [-0.2, 0) is 0 Å². The summed E-state index contributed by atoms with van der Waals surface area (Å²) in [6.45, 7) is 6.61. The van der Waals surface area contributed by atoms with E-state index in [0.717, 1.165) is 16.8 Å². The van der Waals surface area contributed by atoms with E-state index in [4.69, 9.17) is 0 Å². The first-order valence-corrected chi connectivity index (χ1v) is 8.25. The first kappa shape index (κ1) is 13.5. The van der Waals surface area contributed by atoms with Crippen LogP contribution in [0.4, 0.5) is 0 Å². The van der Waals surface area contributed by atoms with Crippen LogP contribution in [0.3, 0.4) is 0 Å². The van der Waals surface area contributed by atoms with E-state index in [1.807, 2.05) is 11.8 Å². The average molecular weight is 308 g/mol. The van der Waals surface area contributed by atoms with Gasteiger partial charge < -0.3 is 0 Å². The van der Waals surface area contributed by atoms with E-state index in [-0.39, 0.29) is 0 Å². The Hall–Kier alpha value is 0.460. The van der Waals surface area contributed by atoms with E-state index < -0.39 is 0 Å². The maximum Gasteiger partial charge on any atom is 0.150 e. The largest absolute Gasteiger partial charge is 0.235 e. The molecule has 0 fully saturated rings. The maximum absolute atomic E-state index is 4.48.